The van der Waals surface area contributed by atoms with Crippen LogP contribution in [-0.2, 0) is 17.7 Å². The number of ether oxygens (including phenoxy) is 1. The van der Waals surface area contributed by atoms with Crippen LogP contribution in [0.2, 0.25) is 0 Å². The van der Waals surface area contributed by atoms with Crippen molar-refractivity contribution in [1.82, 2.24) is 4.90 Å². The Morgan fingerprint density at radius 2 is 1.46 bits per heavy atom. The van der Waals surface area contributed by atoms with E-state index in [9.17, 15) is 5.11 Å². The molecule has 0 aliphatic carbocycles. The first-order chi connectivity index (χ1) is 11.9. The molecule has 2 aromatic rings. The highest BCUT2D eigenvalue weighted by atomic mass is 35.5. The standard InChI is InChI=1S/C22H31NO2.ClH/c1-22(2,3)25-18-21(24)17-23(16-20-12-8-5-9-13-20)15-14-19-10-6-4-7-11-19;/h4-13,21,24H,14-18H2,1-3H3;1H. The van der Waals surface area contributed by atoms with E-state index in [4.69, 9.17) is 4.74 Å². The number of hydrogen-bond acceptors (Lipinski definition) is 3. The third-order valence-electron chi connectivity index (χ3n) is 3.99. The molecule has 144 valence electrons. The lowest BCUT2D eigenvalue weighted by Gasteiger charge is -2.27. The summed E-state index contributed by atoms with van der Waals surface area (Å²) < 4.78 is 5.73. The zero-order valence-corrected chi connectivity index (χ0v) is 16.9. The van der Waals surface area contributed by atoms with Crippen molar-refractivity contribution in [1.29, 1.82) is 0 Å². The topological polar surface area (TPSA) is 32.7 Å². The highest BCUT2D eigenvalue weighted by Crippen LogP contribution is 2.11. The van der Waals surface area contributed by atoms with Gasteiger partial charge in [0.25, 0.3) is 0 Å². The summed E-state index contributed by atoms with van der Waals surface area (Å²) in [6.07, 6.45) is 0.485. The van der Waals surface area contributed by atoms with E-state index < -0.39 is 6.10 Å². The smallest absolute Gasteiger partial charge is 0.0900 e. The molecule has 0 amide bonds. The number of hydrogen-bond donors (Lipinski definition) is 1. The zero-order valence-electron chi connectivity index (χ0n) is 16.1. The van der Waals surface area contributed by atoms with Gasteiger partial charge in [0.1, 0.15) is 0 Å². The van der Waals surface area contributed by atoms with Crippen LogP contribution in [0, 0.1) is 0 Å². The van der Waals surface area contributed by atoms with E-state index in [1.807, 2.05) is 32.9 Å². The van der Waals surface area contributed by atoms with Crippen LogP contribution in [-0.4, -0.2) is 41.4 Å². The van der Waals surface area contributed by atoms with E-state index in [2.05, 4.69) is 53.4 Å². The molecule has 1 atom stereocenters. The van der Waals surface area contributed by atoms with Gasteiger partial charge in [0.2, 0.25) is 0 Å². The van der Waals surface area contributed by atoms with Crippen LogP contribution in [0.15, 0.2) is 60.7 Å². The van der Waals surface area contributed by atoms with Crippen LogP contribution in [0.5, 0.6) is 0 Å². The average Bonchev–Trinajstić information content (AvgIpc) is 2.59. The summed E-state index contributed by atoms with van der Waals surface area (Å²) in [6.45, 7) is 8.74. The molecule has 0 radical (unpaired) electrons. The molecular weight excluding hydrogens is 346 g/mol. The van der Waals surface area contributed by atoms with Crippen molar-refractivity contribution >= 4 is 12.4 Å². The van der Waals surface area contributed by atoms with Crippen LogP contribution in [0.3, 0.4) is 0 Å². The first-order valence-electron chi connectivity index (χ1n) is 9.04. The third kappa shape index (κ3) is 9.35. The van der Waals surface area contributed by atoms with E-state index in [1.54, 1.807) is 0 Å². The fraction of sp³-hybridized carbons (Fsp3) is 0.455. The van der Waals surface area contributed by atoms with Crippen molar-refractivity contribution < 1.29 is 9.84 Å². The van der Waals surface area contributed by atoms with E-state index >= 15 is 0 Å². The van der Waals surface area contributed by atoms with Gasteiger partial charge in [0.05, 0.1) is 18.3 Å². The van der Waals surface area contributed by atoms with Crippen LogP contribution in [0.25, 0.3) is 0 Å². The highest BCUT2D eigenvalue weighted by molar-refractivity contribution is 5.85. The van der Waals surface area contributed by atoms with Crippen molar-refractivity contribution in [3.05, 3.63) is 71.8 Å². The van der Waals surface area contributed by atoms with Crippen molar-refractivity contribution in [2.24, 2.45) is 0 Å². The second kappa shape index (κ2) is 11.3. The van der Waals surface area contributed by atoms with Gasteiger partial charge in [-0.05, 0) is 38.3 Å². The molecule has 0 bridgehead atoms. The number of benzene rings is 2. The van der Waals surface area contributed by atoms with E-state index in [0.717, 1.165) is 19.5 Å². The molecule has 0 saturated heterocycles. The van der Waals surface area contributed by atoms with E-state index in [-0.39, 0.29) is 18.0 Å². The molecular formula is C22H32ClNO2. The normalized spacial score (nSPS) is 12.7. The molecule has 0 aliphatic rings. The number of halogens is 1. The van der Waals surface area contributed by atoms with Crippen LogP contribution < -0.4 is 0 Å². The van der Waals surface area contributed by atoms with E-state index in [0.29, 0.717) is 13.2 Å². The van der Waals surface area contributed by atoms with Crippen molar-refractivity contribution in [2.75, 3.05) is 19.7 Å². The third-order valence-corrected chi connectivity index (χ3v) is 3.99. The molecule has 0 saturated carbocycles. The fourth-order valence-corrected chi connectivity index (χ4v) is 2.71. The Bertz CT molecular complexity index is 599. The summed E-state index contributed by atoms with van der Waals surface area (Å²) in [7, 11) is 0. The molecule has 3 nitrogen and oxygen atoms in total. The lowest BCUT2D eigenvalue weighted by Crippen LogP contribution is -2.37. The second-order valence-electron chi connectivity index (χ2n) is 7.53. The largest absolute Gasteiger partial charge is 0.389 e. The van der Waals surface area contributed by atoms with Gasteiger partial charge in [0.15, 0.2) is 0 Å². The molecule has 1 N–H and O–H groups in total. The summed E-state index contributed by atoms with van der Waals surface area (Å²) >= 11 is 0. The lowest BCUT2D eigenvalue weighted by atomic mass is 10.1. The molecule has 4 heteroatoms. The number of aliphatic hydroxyl groups is 1. The van der Waals surface area contributed by atoms with Crippen LogP contribution >= 0.6 is 12.4 Å². The lowest BCUT2D eigenvalue weighted by molar-refractivity contribution is -0.0566. The Balaban J connectivity index is 0.00000338. The zero-order chi connectivity index (χ0) is 18.1. The summed E-state index contributed by atoms with van der Waals surface area (Å²) in [5.74, 6) is 0. The minimum absolute atomic E-state index is 0. The minimum Gasteiger partial charge on any atom is -0.389 e. The maximum atomic E-state index is 10.4. The predicted molar refractivity (Wildman–Crippen MR) is 111 cm³/mol. The van der Waals surface area contributed by atoms with Gasteiger partial charge in [-0.1, -0.05) is 60.7 Å². The van der Waals surface area contributed by atoms with Gasteiger partial charge in [-0.3, -0.25) is 4.90 Å². The summed E-state index contributed by atoms with van der Waals surface area (Å²) in [5, 5.41) is 10.4. The molecule has 2 aromatic carbocycles. The number of nitrogens with zero attached hydrogens (tertiary/aromatic N) is 1. The first-order valence-corrected chi connectivity index (χ1v) is 9.04. The fourth-order valence-electron chi connectivity index (χ4n) is 2.71. The first kappa shape index (κ1) is 22.7. The van der Waals surface area contributed by atoms with Crippen molar-refractivity contribution in [3.63, 3.8) is 0 Å². The molecule has 0 heterocycles. The van der Waals surface area contributed by atoms with Crippen molar-refractivity contribution in [2.45, 2.75) is 45.4 Å². The number of aliphatic hydroxyl groups excluding tert-OH is 1. The Hall–Kier alpha value is -1.39. The van der Waals surface area contributed by atoms with Gasteiger partial charge in [-0.15, -0.1) is 12.4 Å². The van der Waals surface area contributed by atoms with Crippen LogP contribution in [0.4, 0.5) is 0 Å². The van der Waals surface area contributed by atoms with Gasteiger partial charge in [0, 0.05) is 19.6 Å². The SMILES string of the molecule is CC(C)(C)OCC(O)CN(CCc1ccccc1)Cc1ccccc1.Cl. The molecule has 2 rings (SSSR count). The Kier molecular flexibility index (Phi) is 9.89. The van der Waals surface area contributed by atoms with Gasteiger partial charge >= 0.3 is 0 Å². The van der Waals surface area contributed by atoms with Crippen molar-refractivity contribution in [3.8, 4) is 0 Å². The molecule has 0 spiro atoms. The maximum Gasteiger partial charge on any atom is 0.0900 e. The Morgan fingerprint density at radius 1 is 0.923 bits per heavy atom. The predicted octanol–water partition coefficient (Wildman–Crippen LogP) is 4.33. The monoisotopic (exact) mass is 377 g/mol. The van der Waals surface area contributed by atoms with E-state index in [1.165, 1.54) is 11.1 Å². The Morgan fingerprint density at radius 3 is 2.00 bits per heavy atom. The van der Waals surface area contributed by atoms with Gasteiger partial charge in [-0.2, -0.15) is 0 Å². The molecule has 1 unspecified atom stereocenters. The molecule has 0 aromatic heterocycles. The highest BCUT2D eigenvalue weighted by Gasteiger charge is 2.17. The summed E-state index contributed by atoms with van der Waals surface area (Å²) in [6, 6.07) is 20.9. The Labute approximate surface area is 164 Å². The number of rotatable bonds is 9. The summed E-state index contributed by atoms with van der Waals surface area (Å²) in [4.78, 5) is 2.30. The van der Waals surface area contributed by atoms with Crippen LogP contribution in [0.1, 0.15) is 31.9 Å². The molecule has 0 aliphatic heterocycles. The second-order valence-corrected chi connectivity index (χ2v) is 7.53. The maximum absolute atomic E-state index is 10.4. The molecule has 26 heavy (non-hydrogen) atoms. The van der Waals surface area contributed by atoms with Gasteiger partial charge < -0.3 is 9.84 Å². The minimum atomic E-state index is -0.487. The average molecular weight is 378 g/mol. The quantitative estimate of drug-likeness (QED) is 0.706. The molecule has 0 fully saturated rings. The van der Waals surface area contributed by atoms with Gasteiger partial charge in [-0.25, -0.2) is 0 Å². The summed E-state index contributed by atoms with van der Waals surface area (Å²) in [5.41, 5.74) is 2.36.